The van der Waals surface area contributed by atoms with Crippen LogP contribution in [0.4, 0.5) is 4.39 Å². The minimum absolute atomic E-state index is 0. The van der Waals surface area contributed by atoms with Gasteiger partial charge in [-0.15, -0.1) is 12.4 Å². The third-order valence-corrected chi connectivity index (χ3v) is 4.51. The highest BCUT2D eigenvalue weighted by Crippen LogP contribution is 2.32. The van der Waals surface area contributed by atoms with Crippen LogP contribution in [0.3, 0.4) is 0 Å². The van der Waals surface area contributed by atoms with E-state index < -0.39 is 0 Å². The smallest absolute Gasteiger partial charge is 0.0912 e. The average Bonchev–Trinajstić information content (AvgIpc) is 2.40. The summed E-state index contributed by atoms with van der Waals surface area (Å²) in [5.41, 5.74) is 1.17. The van der Waals surface area contributed by atoms with Crippen LogP contribution in [0, 0.1) is 0 Å². The fourth-order valence-corrected chi connectivity index (χ4v) is 3.29. The van der Waals surface area contributed by atoms with Crippen LogP contribution < -0.4 is 5.32 Å². The highest BCUT2D eigenvalue weighted by Gasteiger charge is 2.23. The van der Waals surface area contributed by atoms with E-state index in [2.05, 4.69) is 48.1 Å². The molecule has 0 amide bonds. The van der Waals surface area contributed by atoms with Gasteiger partial charge in [-0.1, -0.05) is 31.9 Å². The minimum atomic E-state index is -0.284. The highest BCUT2D eigenvalue weighted by atomic mass is 79.9. The molecule has 19 heavy (non-hydrogen) atoms. The van der Waals surface area contributed by atoms with Crippen molar-refractivity contribution in [2.24, 2.45) is 0 Å². The van der Waals surface area contributed by atoms with E-state index in [0.717, 1.165) is 35.1 Å². The molecule has 1 aromatic carbocycles. The van der Waals surface area contributed by atoms with Gasteiger partial charge < -0.3 is 5.32 Å². The lowest BCUT2D eigenvalue weighted by Gasteiger charge is -2.35. The highest BCUT2D eigenvalue weighted by molar-refractivity contribution is 9.11. The zero-order valence-electron chi connectivity index (χ0n) is 10.5. The quantitative estimate of drug-likeness (QED) is 0.800. The van der Waals surface area contributed by atoms with Crippen LogP contribution in [-0.4, -0.2) is 37.8 Å². The second-order valence-corrected chi connectivity index (χ2v) is 6.22. The van der Waals surface area contributed by atoms with E-state index >= 15 is 0 Å². The Morgan fingerprint density at radius 2 is 1.95 bits per heavy atom. The average molecular weight is 417 g/mol. The number of benzene rings is 1. The van der Waals surface area contributed by atoms with Crippen LogP contribution in [0.15, 0.2) is 27.1 Å². The summed E-state index contributed by atoms with van der Waals surface area (Å²) in [5, 5.41) is 3.33. The molecular weight excluding hydrogens is 398 g/mol. The molecule has 1 aliphatic heterocycles. The fraction of sp³-hybridized carbons (Fsp3) is 0.538. The Labute approximate surface area is 136 Å². The van der Waals surface area contributed by atoms with Crippen molar-refractivity contribution in [3.8, 4) is 0 Å². The Morgan fingerprint density at radius 1 is 1.26 bits per heavy atom. The van der Waals surface area contributed by atoms with E-state index in [9.17, 15) is 4.39 Å². The van der Waals surface area contributed by atoms with Crippen molar-refractivity contribution in [3.05, 3.63) is 32.7 Å². The second kappa shape index (κ2) is 8.57. The molecule has 1 heterocycles. The van der Waals surface area contributed by atoms with Crippen molar-refractivity contribution >= 4 is 44.3 Å². The molecule has 2 rings (SSSR count). The monoisotopic (exact) mass is 414 g/mol. The van der Waals surface area contributed by atoms with E-state index in [4.69, 9.17) is 0 Å². The summed E-state index contributed by atoms with van der Waals surface area (Å²) in [5.74, 6) is 0. The molecule has 1 N–H and O–H groups in total. The van der Waals surface area contributed by atoms with Crippen LogP contribution in [0.5, 0.6) is 0 Å². The maximum Gasteiger partial charge on any atom is 0.0912 e. The van der Waals surface area contributed by atoms with Crippen LogP contribution >= 0.6 is 44.3 Å². The predicted molar refractivity (Wildman–Crippen MR) is 86.9 cm³/mol. The Morgan fingerprint density at radius 3 is 2.58 bits per heavy atom. The number of nitrogens with zero attached hydrogens (tertiary/aromatic N) is 1. The summed E-state index contributed by atoms with van der Waals surface area (Å²) in [4.78, 5) is 2.36. The molecule has 2 nitrogen and oxygen atoms in total. The molecule has 6 heteroatoms. The molecule has 108 valence electrons. The van der Waals surface area contributed by atoms with Crippen molar-refractivity contribution in [1.82, 2.24) is 10.2 Å². The number of hydrogen-bond acceptors (Lipinski definition) is 2. The van der Waals surface area contributed by atoms with Gasteiger partial charge in [0.1, 0.15) is 0 Å². The topological polar surface area (TPSA) is 15.3 Å². The number of hydrogen-bond donors (Lipinski definition) is 1. The Hall–Kier alpha value is 0.320. The van der Waals surface area contributed by atoms with E-state index in [1.807, 2.05) is 12.1 Å². The summed E-state index contributed by atoms with van der Waals surface area (Å²) in [6.07, 6.45) is 0.551. The molecule has 0 radical (unpaired) electrons. The Kier molecular flexibility index (Phi) is 7.84. The number of piperazine rings is 1. The molecule has 0 aromatic heterocycles. The van der Waals surface area contributed by atoms with Gasteiger partial charge in [0, 0.05) is 41.2 Å². The SMILES string of the molecule is Cl.FCC[C@H](c1cc(Br)ccc1Br)N1CCNCC1. The lowest BCUT2D eigenvalue weighted by molar-refractivity contribution is 0.157. The molecule has 1 aromatic rings. The van der Waals surface area contributed by atoms with E-state index in [-0.39, 0.29) is 25.1 Å². The summed E-state index contributed by atoms with van der Waals surface area (Å²) in [6, 6.07) is 6.26. The maximum atomic E-state index is 12.8. The number of nitrogens with one attached hydrogen (secondary N) is 1. The summed E-state index contributed by atoms with van der Waals surface area (Å²) < 4.78 is 14.9. The lowest BCUT2D eigenvalue weighted by atomic mass is 10.0. The summed E-state index contributed by atoms with van der Waals surface area (Å²) in [6.45, 7) is 3.63. The van der Waals surface area contributed by atoms with Crippen LogP contribution in [0.1, 0.15) is 18.0 Å². The van der Waals surface area contributed by atoms with Crippen molar-refractivity contribution in [2.45, 2.75) is 12.5 Å². The Balaban J connectivity index is 0.00000180. The van der Waals surface area contributed by atoms with Crippen LogP contribution in [0.25, 0.3) is 0 Å². The maximum absolute atomic E-state index is 12.8. The summed E-state index contributed by atoms with van der Waals surface area (Å²) in [7, 11) is 0. The van der Waals surface area contributed by atoms with E-state index in [0.29, 0.717) is 6.42 Å². The van der Waals surface area contributed by atoms with Crippen LogP contribution in [0.2, 0.25) is 0 Å². The molecular formula is C13H18Br2ClFN2. The van der Waals surface area contributed by atoms with Gasteiger partial charge in [-0.05, 0) is 30.2 Å². The normalized spacial score (nSPS) is 17.8. The second-order valence-electron chi connectivity index (χ2n) is 4.45. The van der Waals surface area contributed by atoms with Gasteiger partial charge >= 0.3 is 0 Å². The van der Waals surface area contributed by atoms with Gasteiger partial charge in [0.15, 0.2) is 0 Å². The first kappa shape index (κ1) is 17.4. The molecule has 1 saturated heterocycles. The van der Waals surface area contributed by atoms with E-state index in [1.54, 1.807) is 0 Å². The molecule has 0 spiro atoms. The van der Waals surface area contributed by atoms with Gasteiger partial charge in [-0.3, -0.25) is 9.29 Å². The number of alkyl halides is 1. The molecule has 1 fully saturated rings. The largest absolute Gasteiger partial charge is 0.314 e. The van der Waals surface area contributed by atoms with Gasteiger partial charge in [-0.2, -0.15) is 0 Å². The fourth-order valence-electron chi connectivity index (χ4n) is 2.40. The third kappa shape index (κ3) is 4.67. The number of rotatable bonds is 4. The van der Waals surface area contributed by atoms with Gasteiger partial charge in [-0.25, -0.2) is 0 Å². The number of halogens is 4. The van der Waals surface area contributed by atoms with Gasteiger partial charge in [0.05, 0.1) is 6.67 Å². The predicted octanol–water partition coefficient (Wildman–Crippen LogP) is 3.94. The zero-order valence-corrected chi connectivity index (χ0v) is 14.5. The molecule has 0 bridgehead atoms. The molecule has 1 aliphatic rings. The molecule has 0 saturated carbocycles. The van der Waals surface area contributed by atoms with Crippen molar-refractivity contribution in [2.75, 3.05) is 32.9 Å². The van der Waals surface area contributed by atoms with Crippen molar-refractivity contribution < 1.29 is 4.39 Å². The first-order valence-electron chi connectivity index (χ1n) is 6.18. The van der Waals surface area contributed by atoms with Crippen LogP contribution in [-0.2, 0) is 0 Å². The lowest BCUT2D eigenvalue weighted by Crippen LogP contribution is -2.45. The first-order chi connectivity index (χ1) is 8.72. The molecule has 1 atom stereocenters. The molecule has 0 aliphatic carbocycles. The summed E-state index contributed by atoms with van der Waals surface area (Å²) >= 11 is 7.08. The standard InChI is InChI=1S/C13H17Br2FN2.ClH/c14-10-1-2-12(15)11(9-10)13(3-4-16)18-7-5-17-6-8-18;/h1-2,9,13,17H,3-8H2;1H/t13-;/m1./s1. The van der Waals surface area contributed by atoms with Gasteiger partial charge in [0.2, 0.25) is 0 Å². The minimum Gasteiger partial charge on any atom is -0.314 e. The van der Waals surface area contributed by atoms with Gasteiger partial charge in [0.25, 0.3) is 0 Å². The van der Waals surface area contributed by atoms with Crippen molar-refractivity contribution in [1.29, 1.82) is 0 Å². The zero-order chi connectivity index (χ0) is 13.0. The van der Waals surface area contributed by atoms with Crippen molar-refractivity contribution in [3.63, 3.8) is 0 Å². The van der Waals surface area contributed by atoms with E-state index in [1.165, 1.54) is 5.56 Å². The third-order valence-electron chi connectivity index (χ3n) is 3.29. The Bertz CT molecular complexity index is 400. The first-order valence-corrected chi connectivity index (χ1v) is 7.76. The molecule has 0 unspecified atom stereocenters.